The number of carboxylic acid groups (broad SMARTS) is 2. The molecule has 10 heteroatoms. The van der Waals surface area contributed by atoms with Crippen LogP contribution in [-0.4, -0.2) is 59.4 Å². The summed E-state index contributed by atoms with van der Waals surface area (Å²) in [5.41, 5.74) is 9.66. The van der Waals surface area contributed by atoms with Crippen molar-refractivity contribution in [1.29, 1.82) is 0 Å². The van der Waals surface area contributed by atoms with Crippen LogP contribution in [0.5, 0.6) is 0 Å². The van der Waals surface area contributed by atoms with Crippen molar-refractivity contribution in [3.8, 4) is 0 Å². The highest BCUT2D eigenvalue weighted by atomic mass is 16.5. The lowest BCUT2D eigenvalue weighted by Gasteiger charge is -2.01. The molecule has 0 radical (unpaired) electrons. The Labute approximate surface area is 164 Å². The van der Waals surface area contributed by atoms with Crippen LogP contribution in [0.2, 0.25) is 0 Å². The minimum Gasteiger partial charge on any atom is -0.478 e. The van der Waals surface area contributed by atoms with Gasteiger partial charge in [0.05, 0.1) is 25.4 Å². The molecule has 0 saturated heterocycles. The quantitative estimate of drug-likeness (QED) is 0.384. The van der Waals surface area contributed by atoms with Gasteiger partial charge < -0.3 is 31.2 Å². The molecule has 0 aromatic heterocycles. The Morgan fingerprint density at radius 2 is 1.00 bits per heavy atom. The molecule has 0 bridgehead atoms. The van der Waals surface area contributed by atoms with Gasteiger partial charge in [-0.1, -0.05) is 12.2 Å². The highest BCUT2D eigenvalue weighted by molar-refractivity contribution is 5.89. The second-order valence-electron chi connectivity index (χ2n) is 5.38. The van der Waals surface area contributed by atoms with E-state index in [4.69, 9.17) is 31.2 Å². The number of primary amides is 2. The summed E-state index contributed by atoms with van der Waals surface area (Å²) < 4.78 is 10.2. The van der Waals surface area contributed by atoms with Gasteiger partial charge in [-0.05, 0) is 27.7 Å². The minimum atomic E-state index is -1.26. The van der Waals surface area contributed by atoms with Gasteiger partial charge in [-0.3, -0.25) is 9.59 Å². The molecule has 0 rings (SSSR count). The zero-order valence-electron chi connectivity index (χ0n) is 16.5. The summed E-state index contributed by atoms with van der Waals surface area (Å²) in [5, 5.41) is 15.6. The first kappa shape index (κ1) is 29.8. The minimum absolute atomic E-state index is 0.192. The second-order valence-corrected chi connectivity index (χ2v) is 5.38. The van der Waals surface area contributed by atoms with E-state index in [0.717, 1.165) is 0 Å². The Morgan fingerprint density at radius 3 is 1.18 bits per heavy atom. The first-order valence-corrected chi connectivity index (χ1v) is 8.17. The summed E-state index contributed by atoms with van der Waals surface area (Å²) in [6, 6.07) is 0. The maximum absolute atomic E-state index is 10.1. The number of rotatable bonds is 10. The lowest BCUT2D eigenvalue weighted by Crippen LogP contribution is -2.07. The third kappa shape index (κ3) is 43.5. The Bertz CT molecular complexity index is 504. The van der Waals surface area contributed by atoms with Gasteiger partial charge in [0.2, 0.25) is 11.8 Å². The van der Waals surface area contributed by atoms with Crippen LogP contribution < -0.4 is 11.5 Å². The summed E-state index contributed by atoms with van der Waals surface area (Å²) in [6.07, 6.45) is 7.29. The molecule has 0 heterocycles. The fourth-order valence-electron chi connectivity index (χ4n) is 0.967. The van der Waals surface area contributed by atoms with Gasteiger partial charge in [0.1, 0.15) is 0 Å². The molecule has 0 unspecified atom stereocenters. The van der Waals surface area contributed by atoms with E-state index in [1.165, 1.54) is 12.2 Å². The molecule has 0 spiro atoms. The molecule has 28 heavy (non-hydrogen) atoms. The standard InChI is InChI=1S/2C7H13NO2.C4H4O4/c2*1-6(2)10-5-3-4-7(8)9;5-3(6)1-2-4(7)8/h2*3-4,6H,5H2,1-2H3,(H2,8,9);1-2H,(H,5,6)(H,7,8)/b;;2-1-. The number of hydrogen-bond donors (Lipinski definition) is 4. The van der Waals surface area contributed by atoms with Gasteiger partial charge in [-0.25, -0.2) is 9.59 Å². The average Bonchev–Trinajstić information content (AvgIpc) is 2.54. The fraction of sp³-hybridized carbons (Fsp3) is 0.444. The molecule has 0 aromatic carbocycles. The van der Waals surface area contributed by atoms with Crippen molar-refractivity contribution < 1.29 is 38.9 Å². The van der Waals surface area contributed by atoms with Crippen LogP contribution in [0.4, 0.5) is 0 Å². The number of aliphatic carboxylic acids is 2. The number of carboxylic acids is 2. The van der Waals surface area contributed by atoms with Gasteiger partial charge in [0, 0.05) is 24.3 Å². The number of hydrogen-bond acceptors (Lipinski definition) is 6. The van der Waals surface area contributed by atoms with Crippen molar-refractivity contribution in [2.75, 3.05) is 13.2 Å². The van der Waals surface area contributed by atoms with Gasteiger partial charge in [-0.15, -0.1) is 0 Å². The summed E-state index contributed by atoms with van der Waals surface area (Å²) in [4.78, 5) is 39.4. The van der Waals surface area contributed by atoms with E-state index in [2.05, 4.69) is 0 Å². The van der Waals surface area contributed by atoms with Crippen molar-refractivity contribution >= 4 is 23.8 Å². The molecular formula is C18H30N2O8. The van der Waals surface area contributed by atoms with E-state index in [9.17, 15) is 19.2 Å². The second kappa shape index (κ2) is 20.3. The van der Waals surface area contributed by atoms with Gasteiger partial charge in [-0.2, -0.15) is 0 Å². The predicted octanol–water partition coefficient (Wildman–Crippen LogP) is 0.618. The summed E-state index contributed by atoms with van der Waals surface area (Å²) in [6.45, 7) is 8.60. The molecule has 6 N–H and O–H groups in total. The van der Waals surface area contributed by atoms with Crippen molar-refractivity contribution in [3.05, 3.63) is 36.5 Å². The van der Waals surface area contributed by atoms with Crippen LogP contribution >= 0.6 is 0 Å². The van der Waals surface area contributed by atoms with E-state index in [-0.39, 0.29) is 12.2 Å². The Kier molecular flexibility index (Phi) is 21.6. The summed E-state index contributed by atoms with van der Waals surface area (Å²) in [7, 11) is 0. The highest BCUT2D eigenvalue weighted by Gasteiger charge is 1.89. The first-order valence-electron chi connectivity index (χ1n) is 8.17. The van der Waals surface area contributed by atoms with Crippen LogP contribution in [0.25, 0.3) is 0 Å². The van der Waals surface area contributed by atoms with E-state index in [1.54, 1.807) is 12.2 Å². The highest BCUT2D eigenvalue weighted by Crippen LogP contribution is 1.87. The maximum atomic E-state index is 10.1. The average molecular weight is 402 g/mol. The Balaban J connectivity index is -0.000000337. The molecular weight excluding hydrogens is 372 g/mol. The Morgan fingerprint density at radius 1 is 0.714 bits per heavy atom. The third-order valence-corrected chi connectivity index (χ3v) is 1.98. The van der Waals surface area contributed by atoms with Crippen molar-refractivity contribution in [1.82, 2.24) is 0 Å². The molecule has 0 atom stereocenters. The molecule has 0 aliphatic rings. The Hall–Kier alpha value is -2.98. The van der Waals surface area contributed by atoms with Crippen LogP contribution in [0, 0.1) is 0 Å². The number of carbonyl (C=O) groups excluding carboxylic acids is 2. The summed E-state index contributed by atoms with van der Waals surface area (Å²) >= 11 is 0. The van der Waals surface area contributed by atoms with Crippen molar-refractivity contribution in [3.63, 3.8) is 0 Å². The van der Waals surface area contributed by atoms with Crippen LogP contribution in [0.3, 0.4) is 0 Å². The van der Waals surface area contributed by atoms with E-state index >= 15 is 0 Å². The molecule has 0 aromatic rings. The predicted molar refractivity (Wildman–Crippen MR) is 103 cm³/mol. The zero-order chi connectivity index (χ0) is 22.5. The van der Waals surface area contributed by atoms with Gasteiger partial charge in [0.15, 0.2) is 0 Å². The smallest absolute Gasteiger partial charge is 0.328 e. The molecule has 0 aliphatic carbocycles. The zero-order valence-corrected chi connectivity index (χ0v) is 16.5. The largest absolute Gasteiger partial charge is 0.478 e. The lowest BCUT2D eigenvalue weighted by molar-refractivity contribution is -0.134. The molecule has 10 nitrogen and oxygen atoms in total. The van der Waals surface area contributed by atoms with Crippen LogP contribution in [-0.2, 0) is 28.7 Å². The monoisotopic (exact) mass is 402 g/mol. The molecule has 0 saturated carbocycles. The SMILES string of the molecule is CC(C)OCC=CC(N)=O.CC(C)OCC=CC(N)=O.O=C(O)/C=C\C(=O)O. The molecule has 0 aliphatic heterocycles. The summed E-state index contributed by atoms with van der Waals surface area (Å²) in [5.74, 6) is -3.39. The topological polar surface area (TPSA) is 179 Å². The van der Waals surface area contributed by atoms with E-state index in [0.29, 0.717) is 25.4 Å². The van der Waals surface area contributed by atoms with Crippen LogP contribution in [0.15, 0.2) is 36.5 Å². The first-order chi connectivity index (χ1) is 12.9. The van der Waals surface area contributed by atoms with E-state index < -0.39 is 23.8 Å². The lowest BCUT2D eigenvalue weighted by atomic mass is 10.4. The van der Waals surface area contributed by atoms with Gasteiger partial charge in [0.25, 0.3) is 0 Å². The number of nitrogens with two attached hydrogens (primary N) is 2. The molecule has 2 amide bonds. The van der Waals surface area contributed by atoms with Crippen molar-refractivity contribution in [2.45, 2.75) is 39.9 Å². The third-order valence-electron chi connectivity index (χ3n) is 1.98. The molecule has 160 valence electrons. The van der Waals surface area contributed by atoms with E-state index in [1.807, 2.05) is 27.7 Å². The fourth-order valence-corrected chi connectivity index (χ4v) is 0.967. The number of ether oxygens (including phenoxy) is 2. The van der Waals surface area contributed by atoms with Crippen molar-refractivity contribution in [2.24, 2.45) is 11.5 Å². The normalized spacial score (nSPS) is 10.6. The number of amides is 2. The maximum Gasteiger partial charge on any atom is 0.328 e. The molecule has 0 fully saturated rings. The number of carbonyl (C=O) groups is 4. The van der Waals surface area contributed by atoms with Crippen LogP contribution in [0.1, 0.15) is 27.7 Å². The van der Waals surface area contributed by atoms with Gasteiger partial charge >= 0.3 is 11.9 Å².